The Morgan fingerprint density at radius 1 is 1.07 bits per heavy atom. The van der Waals surface area contributed by atoms with Crippen LogP contribution in [0.15, 0.2) is 24.3 Å². The number of hydrogen-bond donors (Lipinski definition) is 0. The van der Waals surface area contributed by atoms with Gasteiger partial charge in [0, 0.05) is 22.5 Å². The third-order valence-electron chi connectivity index (χ3n) is 4.08. The first-order valence-electron chi connectivity index (χ1n) is 8.88. The average Bonchev–Trinajstić information content (AvgIpc) is 2.84. The van der Waals surface area contributed by atoms with Gasteiger partial charge in [-0.2, -0.15) is 0 Å². The quantitative estimate of drug-likeness (QED) is 0.724. The van der Waals surface area contributed by atoms with Crippen LogP contribution in [-0.4, -0.2) is 35.9 Å². The number of esters is 1. The van der Waals surface area contributed by atoms with Crippen molar-refractivity contribution in [3.8, 4) is 16.9 Å². The van der Waals surface area contributed by atoms with Crippen molar-refractivity contribution in [2.75, 3.05) is 13.7 Å². The molecule has 0 spiro atoms. The molecule has 0 saturated heterocycles. The van der Waals surface area contributed by atoms with Crippen LogP contribution in [0, 0.1) is 13.8 Å². The lowest BCUT2D eigenvalue weighted by Crippen LogP contribution is -2.28. The van der Waals surface area contributed by atoms with Crippen molar-refractivity contribution in [1.29, 1.82) is 0 Å². The number of para-hydroxylation sites is 1. The summed E-state index contributed by atoms with van der Waals surface area (Å²) in [5, 5.41) is 0. The smallest absolute Gasteiger partial charge is 0.418 e. The minimum Gasteiger partial charge on any atom is -0.496 e. The molecule has 6 heteroatoms. The van der Waals surface area contributed by atoms with Gasteiger partial charge in [0.2, 0.25) is 0 Å². The zero-order valence-corrected chi connectivity index (χ0v) is 17.0. The van der Waals surface area contributed by atoms with E-state index in [1.54, 1.807) is 48.7 Å². The van der Waals surface area contributed by atoms with E-state index >= 15 is 0 Å². The molecule has 0 radical (unpaired) electrons. The van der Waals surface area contributed by atoms with Crippen LogP contribution in [0.5, 0.6) is 5.75 Å². The lowest BCUT2D eigenvalue weighted by atomic mass is 9.99. The van der Waals surface area contributed by atoms with Crippen LogP contribution in [0.3, 0.4) is 0 Å². The number of nitrogens with zero attached hydrogens (tertiary/aromatic N) is 1. The molecule has 0 aliphatic heterocycles. The van der Waals surface area contributed by atoms with Crippen molar-refractivity contribution in [2.45, 2.75) is 47.1 Å². The van der Waals surface area contributed by atoms with Crippen LogP contribution in [0.4, 0.5) is 4.79 Å². The number of carbonyl (C=O) groups is 2. The van der Waals surface area contributed by atoms with Crippen LogP contribution in [0.2, 0.25) is 0 Å². The molecule has 2 rings (SSSR count). The van der Waals surface area contributed by atoms with E-state index in [0.717, 1.165) is 0 Å². The van der Waals surface area contributed by atoms with Gasteiger partial charge in [0.05, 0.1) is 19.3 Å². The highest BCUT2D eigenvalue weighted by atomic mass is 16.6. The van der Waals surface area contributed by atoms with Gasteiger partial charge in [-0.15, -0.1) is 0 Å². The van der Waals surface area contributed by atoms with Crippen molar-refractivity contribution in [3.05, 3.63) is 41.2 Å². The third-order valence-corrected chi connectivity index (χ3v) is 4.08. The molecule has 1 aromatic carbocycles. The van der Waals surface area contributed by atoms with E-state index in [9.17, 15) is 9.59 Å². The monoisotopic (exact) mass is 373 g/mol. The number of methoxy groups -OCH3 is 1. The minimum atomic E-state index is -0.658. The third kappa shape index (κ3) is 4.15. The Morgan fingerprint density at radius 3 is 2.26 bits per heavy atom. The fraction of sp³-hybridized carbons (Fsp3) is 0.429. The highest BCUT2D eigenvalue weighted by Crippen LogP contribution is 2.38. The van der Waals surface area contributed by atoms with Crippen LogP contribution in [0.1, 0.15) is 49.4 Å². The largest absolute Gasteiger partial charge is 0.496 e. The Balaban J connectivity index is 2.76. The molecule has 2 aromatic rings. The number of benzene rings is 1. The van der Waals surface area contributed by atoms with Crippen molar-refractivity contribution in [1.82, 2.24) is 4.57 Å². The molecule has 0 bridgehead atoms. The van der Waals surface area contributed by atoms with Crippen LogP contribution in [-0.2, 0) is 9.47 Å². The highest BCUT2D eigenvalue weighted by molar-refractivity contribution is 6.02. The van der Waals surface area contributed by atoms with Gasteiger partial charge in [-0.1, -0.05) is 18.2 Å². The Morgan fingerprint density at radius 2 is 1.70 bits per heavy atom. The maximum Gasteiger partial charge on any atom is 0.418 e. The van der Waals surface area contributed by atoms with E-state index in [1.807, 2.05) is 24.3 Å². The van der Waals surface area contributed by atoms with Crippen molar-refractivity contribution in [3.63, 3.8) is 0 Å². The number of rotatable bonds is 4. The van der Waals surface area contributed by atoms with Gasteiger partial charge in [0.1, 0.15) is 11.4 Å². The van der Waals surface area contributed by atoms with E-state index in [0.29, 0.717) is 33.8 Å². The average molecular weight is 373 g/mol. The molecular formula is C21H27NO5. The molecule has 6 nitrogen and oxygen atoms in total. The molecule has 1 heterocycles. The van der Waals surface area contributed by atoms with Crippen LogP contribution >= 0.6 is 0 Å². The van der Waals surface area contributed by atoms with Gasteiger partial charge in [-0.3, -0.25) is 4.57 Å². The van der Waals surface area contributed by atoms with E-state index in [4.69, 9.17) is 14.2 Å². The van der Waals surface area contributed by atoms with Gasteiger partial charge < -0.3 is 14.2 Å². The molecule has 0 aliphatic carbocycles. The molecule has 1 aromatic heterocycles. The normalized spacial score (nSPS) is 11.2. The van der Waals surface area contributed by atoms with Gasteiger partial charge in [-0.05, 0) is 47.6 Å². The number of hydrogen-bond acceptors (Lipinski definition) is 5. The standard InChI is InChI=1S/C21H27NO5/c1-8-26-19(23)18-14(3)22(20(24)27-21(4,5)6)13(2)17(18)15-11-9-10-12-16(15)25-7/h9-12H,8H2,1-7H3. The summed E-state index contributed by atoms with van der Waals surface area (Å²) in [4.78, 5) is 25.5. The molecule has 146 valence electrons. The van der Waals surface area contributed by atoms with Gasteiger partial charge in [0.15, 0.2) is 0 Å². The highest BCUT2D eigenvalue weighted by Gasteiger charge is 2.30. The molecule has 0 N–H and O–H groups in total. The molecular weight excluding hydrogens is 346 g/mol. The maximum atomic E-state index is 12.8. The van der Waals surface area contributed by atoms with Gasteiger partial charge in [-0.25, -0.2) is 9.59 Å². The summed E-state index contributed by atoms with van der Waals surface area (Å²) in [5.41, 5.74) is 2.06. The second-order valence-corrected chi connectivity index (χ2v) is 7.16. The lowest BCUT2D eigenvalue weighted by Gasteiger charge is -2.21. The summed E-state index contributed by atoms with van der Waals surface area (Å²) in [6, 6.07) is 7.36. The zero-order valence-electron chi connectivity index (χ0n) is 17.0. The van der Waals surface area contributed by atoms with E-state index in [2.05, 4.69) is 0 Å². The summed E-state index contributed by atoms with van der Waals surface area (Å²) in [7, 11) is 1.57. The predicted octanol–water partition coefficient (Wildman–Crippen LogP) is 4.74. The number of carbonyl (C=O) groups excluding carboxylic acids is 2. The van der Waals surface area contributed by atoms with Crippen molar-refractivity contribution in [2.24, 2.45) is 0 Å². The maximum absolute atomic E-state index is 12.8. The molecule has 0 amide bonds. The summed E-state index contributed by atoms with van der Waals surface area (Å²) < 4.78 is 17.7. The van der Waals surface area contributed by atoms with Gasteiger partial charge >= 0.3 is 12.1 Å². The van der Waals surface area contributed by atoms with Crippen LogP contribution in [0.25, 0.3) is 11.1 Å². The van der Waals surface area contributed by atoms with Gasteiger partial charge in [0.25, 0.3) is 0 Å². The first-order valence-corrected chi connectivity index (χ1v) is 8.88. The first-order chi connectivity index (χ1) is 12.6. The fourth-order valence-corrected chi connectivity index (χ4v) is 3.05. The summed E-state index contributed by atoms with van der Waals surface area (Å²) in [5.74, 6) is 0.119. The summed E-state index contributed by atoms with van der Waals surface area (Å²) in [6.45, 7) is 10.9. The number of ether oxygens (including phenoxy) is 3. The Labute approximate surface area is 160 Å². The molecule has 0 fully saturated rings. The second kappa shape index (κ2) is 7.86. The van der Waals surface area contributed by atoms with Crippen molar-refractivity contribution < 1.29 is 23.8 Å². The van der Waals surface area contributed by atoms with Crippen LogP contribution < -0.4 is 4.74 Å². The predicted molar refractivity (Wildman–Crippen MR) is 103 cm³/mol. The Hall–Kier alpha value is -2.76. The lowest BCUT2D eigenvalue weighted by molar-refractivity contribution is 0.0524. The summed E-state index contributed by atoms with van der Waals surface area (Å²) in [6.07, 6.45) is -0.538. The Bertz CT molecular complexity index is 858. The molecule has 0 unspecified atom stereocenters. The molecule has 0 saturated carbocycles. The minimum absolute atomic E-state index is 0.236. The second-order valence-electron chi connectivity index (χ2n) is 7.16. The molecule has 27 heavy (non-hydrogen) atoms. The van der Waals surface area contributed by atoms with E-state index in [-0.39, 0.29) is 6.61 Å². The summed E-state index contributed by atoms with van der Waals surface area (Å²) >= 11 is 0. The molecule has 0 aliphatic rings. The topological polar surface area (TPSA) is 66.8 Å². The Kier molecular flexibility index (Phi) is 5.98. The molecule has 0 atom stereocenters. The first kappa shape index (κ1) is 20.6. The van der Waals surface area contributed by atoms with E-state index in [1.165, 1.54) is 4.57 Å². The fourth-order valence-electron chi connectivity index (χ4n) is 3.05. The van der Waals surface area contributed by atoms with E-state index < -0.39 is 17.7 Å². The zero-order chi connectivity index (χ0) is 20.4. The number of aromatic nitrogens is 1. The van der Waals surface area contributed by atoms with Crippen molar-refractivity contribution >= 4 is 12.1 Å². The SMILES string of the molecule is CCOC(=O)c1c(-c2ccccc2OC)c(C)n(C(=O)OC(C)(C)C)c1C.